The number of esters is 1. The molecule has 188 valence electrons. The predicted molar refractivity (Wildman–Crippen MR) is 135 cm³/mol. The van der Waals surface area contributed by atoms with Gasteiger partial charge in [0.05, 0.1) is 18.9 Å². The fourth-order valence-electron chi connectivity index (χ4n) is 4.00. The van der Waals surface area contributed by atoms with Crippen LogP contribution in [-0.2, 0) is 14.3 Å². The molecule has 1 atom stereocenters. The molecule has 4 heteroatoms. The molecule has 0 saturated heterocycles. The van der Waals surface area contributed by atoms with Crippen molar-refractivity contribution in [1.82, 2.24) is 0 Å². The number of aliphatic carboxylic acids is 1. The first-order chi connectivity index (χ1) is 15.6. The van der Waals surface area contributed by atoms with Gasteiger partial charge in [-0.25, -0.2) is 0 Å². The van der Waals surface area contributed by atoms with Gasteiger partial charge in [-0.15, -0.1) is 0 Å². The van der Waals surface area contributed by atoms with Gasteiger partial charge < -0.3 is 9.84 Å². The smallest absolute Gasteiger partial charge is 0.309 e. The topological polar surface area (TPSA) is 63.6 Å². The summed E-state index contributed by atoms with van der Waals surface area (Å²) in [7, 11) is 0. The van der Waals surface area contributed by atoms with Crippen molar-refractivity contribution in [3.05, 3.63) is 12.2 Å². The molecule has 0 heterocycles. The van der Waals surface area contributed by atoms with Gasteiger partial charge in [0.25, 0.3) is 0 Å². The van der Waals surface area contributed by atoms with Gasteiger partial charge in [-0.3, -0.25) is 9.59 Å². The first-order valence-electron chi connectivity index (χ1n) is 13.6. The molecule has 0 aromatic heterocycles. The molecule has 0 aliphatic rings. The SMILES string of the molecule is CCCCCCCCCCCCCCC/C=C/CCCCC(CC(=O)O)C(=O)OCCC. The summed E-state index contributed by atoms with van der Waals surface area (Å²) < 4.78 is 5.13. The summed E-state index contributed by atoms with van der Waals surface area (Å²) in [5.41, 5.74) is 0. The first kappa shape index (κ1) is 30.7. The fourth-order valence-corrected chi connectivity index (χ4v) is 4.00. The molecule has 4 nitrogen and oxygen atoms in total. The van der Waals surface area contributed by atoms with Gasteiger partial charge in [0.15, 0.2) is 0 Å². The average Bonchev–Trinajstić information content (AvgIpc) is 2.77. The Hall–Kier alpha value is -1.32. The lowest BCUT2D eigenvalue weighted by molar-refractivity contribution is -0.153. The highest BCUT2D eigenvalue weighted by Gasteiger charge is 2.22. The molecule has 0 saturated carbocycles. The highest BCUT2D eigenvalue weighted by Crippen LogP contribution is 2.17. The van der Waals surface area contributed by atoms with Gasteiger partial charge >= 0.3 is 11.9 Å². The third-order valence-electron chi connectivity index (χ3n) is 6.02. The molecule has 0 radical (unpaired) electrons. The van der Waals surface area contributed by atoms with E-state index in [1.807, 2.05) is 6.92 Å². The van der Waals surface area contributed by atoms with E-state index < -0.39 is 11.9 Å². The second-order valence-electron chi connectivity index (χ2n) is 9.25. The number of hydrogen-bond donors (Lipinski definition) is 1. The van der Waals surface area contributed by atoms with Crippen molar-refractivity contribution in [3.8, 4) is 0 Å². The number of unbranched alkanes of at least 4 members (excludes halogenated alkanes) is 15. The molecule has 0 rings (SSSR count). The fraction of sp³-hybridized carbons (Fsp3) is 0.857. The highest BCUT2D eigenvalue weighted by atomic mass is 16.5. The van der Waals surface area contributed by atoms with E-state index in [1.165, 1.54) is 83.5 Å². The van der Waals surface area contributed by atoms with Crippen LogP contribution in [0.3, 0.4) is 0 Å². The Morgan fingerprint density at radius 2 is 1.16 bits per heavy atom. The van der Waals surface area contributed by atoms with E-state index >= 15 is 0 Å². The van der Waals surface area contributed by atoms with E-state index in [4.69, 9.17) is 9.84 Å². The summed E-state index contributed by atoms with van der Waals surface area (Å²) in [4.78, 5) is 22.9. The number of carbonyl (C=O) groups excluding carboxylic acids is 1. The van der Waals surface area contributed by atoms with Gasteiger partial charge in [0, 0.05) is 0 Å². The molecular formula is C28H52O4. The van der Waals surface area contributed by atoms with E-state index in [1.54, 1.807) is 0 Å². The summed E-state index contributed by atoms with van der Waals surface area (Å²) in [6.07, 6.45) is 27.8. The third kappa shape index (κ3) is 21.9. The summed E-state index contributed by atoms with van der Waals surface area (Å²) in [6, 6.07) is 0. The Kier molecular flexibility index (Phi) is 23.3. The number of hydrogen-bond acceptors (Lipinski definition) is 3. The zero-order chi connectivity index (χ0) is 23.7. The van der Waals surface area contributed by atoms with E-state index in [2.05, 4.69) is 19.1 Å². The lowest BCUT2D eigenvalue weighted by Gasteiger charge is -2.13. The predicted octanol–water partition coefficient (Wildman–Crippen LogP) is 8.63. The minimum atomic E-state index is -0.929. The van der Waals surface area contributed by atoms with Gasteiger partial charge in [0.1, 0.15) is 0 Å². The molecule has 0 bridgehead atoms. The lowest BCUT2D eigenvalue weighted by atomic mass is 9.98. The number of rotatable bonds is 24. The second-order valence-corrected chi connectivity index (χ2v) is 9.25. The van der Waals surface area contributed by atoms with E-state index in [-0.39, 0.29) is 12.4 Å². The van der Waals surface area contributed by atoms with Crippen molar-refractivity contribution in [1.29, 1.82) is 0 Å². The Balaban J connectivity index is 3.50. The van der Waals surface area contributed by atoms with Crippen molar-refractivity contribution < 1.29 is 19.4 Å². The number of carboxylic acid groups (broad SMARTS) is 1. The summed E-state index contributed by atoms with van der Waals surface area (Å²) >= 11 is 0. The quantitative estimate of drug-likeness (QED) is 0.0904. The zero-order valence-corrected chi connectivity index (χ0v) is 21.3. The van der Waals surface area contributed by atoms with Crippen LogP contribution < -0.4 is 0 Å². The van der Waals surface area contributed by atoms with Crippen LogP contribution in [0.5, 0.6) is 0 Å². The van der Waals surface area contributed by atoms with E-state index in [0.717, 1.165) is 32.1 Å². The van der Waals surface area contributed by atoms with Crippen molar-refractivity contribution in [2.24, 2.45) is 5.92 Å². The van der Waals surface area contributed by atoms with Crippen molar-refractivity contribution in [2.75, 3.05) is 6.61 Å². The van der Waals surface area contributed by atoms with Crippen LogP contribution in [0, 0.1) is 5.92 Å². The number of carboxylic acids is 1. The van der Waals surface area contributed by atoms with Crippen LogP contribution >= 0.6 is 0 Å². The van der Waals surface area contributed by atoms with Gasteiger partial charge in [-0.05, 0) is 38.5 Å². The molecule has 1 N–H and O–H groups in total. The van der Waals surface area contributed by atoms with E-state index in [9.17, 15) is 9.59 Å². The number of allylic oxidation sites excluding steroid dienone is 2. The minimum Gasteiger partial charge on any atom is -0.481 e. The molecule has 0 spiro atoms. The standard InChI is InChI=1S/C28H52O4/c1-3-5-6-7-8-9-10-11-12-13-14-15-16-17-18-19-20-21-22-23-26(25-27(29)30)28(31)32-24-4-2/h18-19,26H,3-17,20-25H2,1-2H3,(H,29,30)/b19-18+. The summed E-state index contributed by atoms with van der Waals surface area (Å²) in [5.74, 6) is -1.79. The largest absolute Gasteiger partial charge is 0.481 e. The lowest BCUT2D eigenvalue weighted by Crippen LogP contribution is -2.21. The first-order valence-corrected chi connectivity index (χ1v) is 13.6. The molecule has 0 fully saturated rings. The number of ether oxygens (including phenoxy) is 1. The van der Waals surface area contributed by atoms with Crippen LogP contribution in [0.1, 0.15) is 142 Å². The maximum absolute atomic E-state index is 12.0. The zero-order valence-electron chi connectivity index (χ0n) is 21.3. The summed E-state index contributed by atoms with van der Waals surface area (Å²) in [5, 5.41) is 9.00. The molecule has 0 amide bonds. The Labute approximate surface area is 198 Å². The van der Waals surface area contributed by atoms with Gasteiger partial charge in [-0.1, -0.05) is 109 Å². The van der Waals surface area contributed by atoms with Crippen LogP contribution in [0.4, 0.5) is 0 Å². The van der Waals surface area contributed by atoms with Crippen molar-refractivity contribution in [3.63, 3.8) is 0 Å². The Morgan fingerprint density at radius 1 is 0.688 bits per heavy atom. The number of carbonyl (C=O) groups is 2. The van der Waals surface area contributed by atoms with Gasteiger partial charge in [-0.2, -0.15) is 0 Å². The molecule has 0 aromatic carbocycles. The highest BCUT2D eigenvalue weighted by molar-refractivity contribution is 5.79. The van der Waals surface area contributed by atoms with Crippen LogP contribution in [0.2, 0.25) is 0 Å². The molecular weight excluding hydrogens is 400 g/mol. The maximum atomic E-state index is 12.0. The van der Waals surface area contributed by atoms with E-state index in [0.29, 0.717) is 13.0 Å². The molecule has 0 aliphatic carbocycles. The van der Waals surface area contributed by atoms with Crippen LogP contribution in [0.15, 0.2) is 12.2 Å². The second kappa shape index (κ2) is 24.3. The van der Waals surface area contributed by atoms with Crippen molar-refractivity contribution in [2.45, 2.75) is 142 Å². The Morgan fingerprint density at radius 3 is 1.62 bits per heavy atom. The minimum absolute atomic E-state index is 0.128. The van der Waals surface area contributed by atoms with Gasteiger partial charge in [0.2, 0.25) is 0 Å². The monoisotopic (exact) mass is 452 g/mol. The normalized spacial score (nSPS) is 12.3. The molecule has 0 aliphatic heterocycles. The molecule has 0 aromatic rings. The molecule has 1 unspecified atom stereocenters. The molecule has 32 heavy (non-hydrogen) atoms. The van der Waals surface area contributed by atoms with Crippen molar-refractivity contribution >= 4 is 11.9 Å². The summed E-state index contributed by atoms with van der Waals surface area (Å²) in [6.45, 7) is 4.58. The van der Waals surface area contributed by atoms with Crippen LogP contribution in [-0.4, -0.2) is 23.7 Å². The average molecular weight is 453 g/mol. The third-order valence-corrected chi connectivity index (χ3v) is 6.02. The Bertz CT molecular complexity index is 458. The maximum Gasteiger partial charge on any atom is 0.309 e. The van der Waals surface area contributed by atoms with Crippen LogP contribution in [0.25, 0.3) is 0 Å².